The first-order valence-corrected chi connectivity index (χ1v) is 9.26. The number of amides is 2. The molecule has 28 heavy (non-hydrogen) atoms. The smallest absolute Gasteiger partial charge is 0.410 e. The van der Waals surface area contributed by atoms with Crippen LogP contribution in [0.25, 0.3) is 0 Å². The Morgan fingerprint density at radius 2 is 1.93 bits per heavy atom. The molecule has 2 aliphatic rings. The number of pyridine rings is 1. The van der Waals surface area contributed by atoms with Crippen LogP contribution in [0.4, 0.5) is 4.79 Å². The molecule has 0 radical (unpaired) electrons. The van der Waals surface area contributed by atoms with E-state index in [1.54, 1.807) is 46.3 Å². The van der Waals surface area contributed by atoms with Crippen molar-refractivity contribution in [1.29, 1.82) is 5.26 Å². The van der Waals surface area contributed by atoms with Gasteiger partial charge in [0.25, 0.3) is 5.91 Å². The number of likely N-dealkylation sites (tertiary alicyclic amines) is 1. The van der Waals surface area contributed by atoms with Crippen LogP contribution in [0.5, 0.6) is 0 Å². The molecule has 1 spiro atoms. The number of ether oxygens (including phenoxy) is 1. The first-order chi connectivity index (χ1) is 13.6. The minimum atomic E-state index is -0.570. The molecular formula is C21H20N4O3. The summed E-state index contributed by atoms with van der Waals surface area (Å²) in [7, 11) is 0. The number of hydrogen-bond donors (Lipinski definition) is 0. The van der Waals surface area contributed by atoms with Crippen LogP contribution in [0, 0.1) is 11.3 Å². The van der Waals surface area contributed by atoms with Crippen molar-refractivity contribution in [3.8, 4) is 6.07 Å². The SMILES string of the molecule is N#Cc1ccccc1CN1CC2(CCN(C(=O)c3ccccn3)CC2)OC1=O. The molecule has 3 heterocycles. The van der Waals surface area contributed by atoms with E-state index in [1.165, 1.54) is 0 Å². The lowest BCUT2D eigenvalue weighted by Gasteiger charge is -2.37. The van der Waals surface area contributed by atoms with E-state index in [4.69, 9.17) is 4.74 Å². The number of nitrogens with zero attached hydrogens (tertiary/aromatic N) is 4. The summed E-state index contributed by atoms with van der Waals surface area (Å²) in [6.45, 7) is 1.86. The summed E-state index contributed by atoms with van der Waals surface area (Å²) in [5.41, 5.74) is 1.23. The Kier molecular flexibility index (Phi) is 4.70. The minimum Gasteiger partial charge on any atom is -0.441 e. The minimum absolute atomic E-state index is 0.0976. The maximum Gasteiger partial charge on any atom is 0.410 e. The lowest BCUT2D eigenvalue weighted by atomic mass is 9.91. The van der Waals surface area contributed by atoms with E-state index >= 15 is 0 Å². The van der Waals surface area contributed by atoms with Gasteiger partial charge >= 0.3 is 6.09 Å². The number of nitriles is 1. The summed E-state index contributed by atoms with van der Waals surface area (Å²) in [6.07, 6.45) is 2.42. The van der Waals surface area contributed by atoms with Gasteiger partial charge in [-0.2, -0.15) is 5.26 Å². The second kappa shape index (κ2) is 7.31. The lowest BCUT2D eigenvalue weighted by molar-refractivity contribution is 0.00296. The Morgan fingerprint density at radius 3 is 2.64 bits per heavy atom. The summed E-state index contributed by atoms with van der Waals surface area (Å²) in [5.74, 6) is -0.0976. The van der Waals surface area contributed by atoms with Gasteiger partial charge in [0.1, 0.15) is 11.3 Å². The first kappa shape index (κ1) is 18.0. The number of carbonyl (C=O) groups is 2. The number of piperidine rings is 1. The van der Waals surface area contributed by atoms with E-state index in [-0.39, 0.29) is 12.0 Å². The van der Waals surface area contributed by atoms with Crippen LogP contribution in [0.15, 0.2) is 48.7 Å². The molecule has 2 amide bonds. The zero-order chi connectivity index (χ0) is 19.6. The highest BCUT2D eigenvalue weighted by Crippen LogP contribution is 2.34. The topological polar surface area (TPSA) is 86.5 Å². The van der Waals surface area contributed by atoms with Crippen molar-refractivity contribution in [3.63, 3.8) is 0 Å². The van der Waals surface area contributed by atoms with Crippen molar-refractivity contribution in [1.82, 2.24) is 14.8 Å². The van der Waals surface area contributed by atoms with Gasteiger partial charge in [-0.1, -0.05) is 24.3 Å². The Balaban J connectivity index is 1.40. The Bertz CT molecular complexity index is 930. The van der Waals surface area contributed by atoms with Gasteiger partial charge in [0.05, 0.1) is 24.7 Å². The molecule has 0 unspecified atom stereocenters. The molecule has 2 fully saturated rings. The van der Waals surface area contributed by atoms with Gasteiger partial charge in [0.15, 0.2) is 0 Å². The van der Waals surface area contributed by atoms with Crippen LogP contribution in [0.2, 0.25) is 0 Å². The molecule has 7 nitrogen and oxygen atoms in total. The highest BCUT2D eigenvalue weighted by Gasteiger charge is 2.47. The van der Waals surface area contributed by atoms with Crippen LogP contribution in [-0.2, 0) is 11.3 Å². The molecule has 2 aliphatic heterocycles. The molecule has 4 rings (SSSR count). The number of benzene rings is 1. The molecular weight excluding hydrogens is 356 g/mol. The van der Waals surface area contributed by atoms with Crippen molar-refractivity contribution < 1.29 is 14.3 Å². The second-order valence-electron chi connectivity index (χ2n) is 7.18. The highest BCUT2D eigenvalue weighted by molar-refractivity contribution is 5.92. The van der Waals surface area contributed by atoms with Gasteiger partial charge in [-0.15, -0.1) is 0 Å². The number of aromatic nitrogens is 1. The van der Waals surface area contributed by atoms with E-state index in [2.05, 4.69) is 11.1 Å². The molecule has 142 valence electrons. The predicted molar refractivity (Wildman–Crippen MR) is 100 cm³/mol. The molecule has 0 bridgehead atoms. The average molecular weight is 376 g/mol. The monoisotopic (exact) mass is 376 g/mol. The maximum absolute atomic E-state index is 12.6. The zero-order valence-corrected chi connectivity index (χ0v) is 15.4. The average Bonchev–Trinajstić information content (AvgIpc) is 3.03. The quantitative estimate of drug-likeness (QED) is 0.822. The van der Waals surface area contributed by atoms with Gasteiger partial charge in [0.2, 0.25) is 0 Å². The van der Waals surface area contributed by atoms with Gasteiger partial charge in [-0.3, -0.25) is 14.7 Å². The van der Waals surface area contributed by atoms with E-state index in [0.29, 0.717) is 50.3 Å². The van der Waals surface area contributed by atoms with Gasteiger partial charge in [0, 0.05) is 32.1 Å². The van der Waals surface area contributed by atoms with Crippen molar-refractivity contribution in [2.75, 3.05) is 19.6 Å². The van der Waals surface area contributed by atoms with Crippen LogP contribution >= 0.6 is 0 Å². The largest absolute Gasteiger partial charge is 0.441 e. The molecule has 7 heteroatoms. The van der Waals surface area contributed by atoms with Crippen molar-refractivity contribution in [2.24, 2.45) is 0 Å². The van der Waals surface area contributed by atoms with Crippen molar-refractivity contribution in [2.45, 2.75) is 25.0 Å². The van der Waals surface area contributed by atoms with Gasteiger partial charge in [-0.25, -0.2) is 4.79 Å². The number of carbonyl (C=O) groups excluding carboxylic acids is 2. The van der Waals surface area contributed by atoms with Gasteiger partial charge < -0.3 is 9.64 Å². The normalized spacial score (nSPS) is 18.0. The first-order valence-electron chi connectivity index (χ1n) is 9.26. The summed E-state index contributed by atoms with van der Waals surface area (Å²) in [4.78, 5) is 32.5. The fourth-order valence-electron chi connectivity index (χ4n) is 3.82. The molecule has 0 N–H and O–H groups in total. The molecule has 0 aliphatic carbocycles. The standard InChI is InChI=1S/C21H20N4O3/c22-13-16-5-1-2-6-17(16)14-25-15-21(28-20(25)27)8-11-24(12-9-21)19(26)18-7-3-4-10-23-18/h1-7,10H,8-9,11-12,14-15H2. The van der Waals surface area contributed by atoms with Crippen LogP contribution < -0.4 is 0 Å². The van der Waals surface area contributed by atoms with Crippen molar-refractivity contribution in [3.05, 3.63) is 65.5 Å². The van der Waals surface area contributed by atoms with Crippen LogP contribution in [0.3, 0.4) is 0 Å². The van der Waals surface area contributed by atoms with Crippen LogP contribution in [0.1, 0.15) is 34.5 Å². The van der Waals surface area contributed by atoms with Crippen molar-refractivity contribution >= 4 is 12.0 Å². The van der Waals surface area contributed by atoms with E-state index in [0.717, 1.165) is 5.56 Å². The summed E-state index contributed by atoms with van der Waals surface area (Å²) in [6, 6.07) is 14.7. The molecule has 2 saturated heterocycles. The fraction of sp³-hybridized carbons (Fsp3) is 0.333. The number of rotatable bonds is 3. The molecule has 1 aromatic carbocycles. The van der Waals surface area contributed by atoms with Crippen LogP contribution in [-0.4, -0.2) is 52.0 Å². The molecule has 2 aromatic rings. The Labute approximate surface area is 163 Å². The lowest BCUT2D eigenvalue weighted by Crippen LogP contribution is -2.48. The third kappa shape index (κ3) is 3.41. The maximum atomic E-state index is 12.6. The second-order valence-corrected chi connectivity index (χ2v) is 7.18. The van der Waals surface area contributed by atoms with Gasteiger partial charge in [-0.05, 0) is 23.8 Å². The fourth-order valence-corrected chi connectivity index (χ4v) is 3.82. The van der Waals surface area contributed by atoms with E-state index in [1.807, 2.05) is 12.1 Å². The third-order valence-corrected chi connectivity index (χ3v) is 5.39. The Hall–Kier alpha value is -3.40. The van der Waals surface area contributed by atoms with E-state index in [9.17, 15) is 14.9 Å². The summed E-state index contributed by atoms with van der Waals surface area (Å²) < 4.78 is 5.73. The van der Waals surface area contributed by atoms with E-state index < -0.39 is 5.60 Å². The predicted octanol–water partition coefficient (Wildman–Crippen LogP) is 2.58. The highest BCUT2D eigenvalue weighted by atomic mass is 16.6. The summed E-state index contributed by atoms with van der Waals surface area (Å²) in [5, 5.41) is 9.25. The summed E-state index contributed by atoms with van der Waals surface area (Å²) >= 11 is 0. The molecule has 1 aromatic heterocycles. The number of hydrogen-bond acceptors (Lipinski definition) is 5. The molecule has 0 atom stereocenters. The molecule has 0 saturated carbocycles. The third-order valence-electron chi connectivity index (χ3n) is 5.39. The zero-order valence-electron chi connectivity index (χ0n) is 15.4. The Morgan fingerprint density at radius 1 is 1.18 bits per heavy atom.